The van der Waals surface area contributed by atoms with Crippen molar-refractivity contribution in [3.63, 3.8) is 0 Å². The second-order valence-electron chi connectivity index (χ2n) is 9.28. The number of carbonyl (C=O) groups excluding carboxylic acids is 2. The molecule has 0 spiro atoms. The van der Waals surface area contributed by atoms with Gasteiger partial charge in [-0.05, 0) is 61.7 Å². The summed E-state index contributed by atoms with van der Waals surface area (Å²) < 4.78 is 28.6. The Balaban J connectivity index is 2.08. The summed E-state index contributed by atoms with van der Waals surface area (Å²) >= 11 is 18.9. The Morgan fingerprint density at radius 2 is 1.52 bits per heavy atom. The first-order valence-electron chi connectivity index (χ1n) is 12.9. The van der Waals surface area contributed by atoms with Crippen molar-refractivity contribution in [1.29, 1.82) is 0 Å². The van der Waals surface area contributed by atoms with Crippen molar-refractivity contribution >= 4 is 62.3 Å². The lowest BCUT2D eigenvalue weighted by atomic mass is 10.1. The molecule has 0 saturated heterocycles. The summed E-state index contributed by atoms with van der Waals surface area (Å²) in [5, 5.41) is 3.84. The Bertz CT molecular complexity index is 1440. The third-order valence-corrected chi connectivity index (χ3v) is 9.15. The molecule has 0 radical (unpaired) electrons. The molecule has 0 aliphatic rings. The van der Waals surface area contributed by atoms with E-state index in [-0.39, 0.29) is 40.5 Å². The van der Waals surface area contributed by atoms with Crippen LogP contribution in [0.2, 0.25) is 15.1 Å². The zero-order chi connectivity index (χ0) is 29.4. The van der Waals surface area contributed by atoms with Crippen LogP contribution >= 0.6 is 34.8 Å². The van der Waals surface area contributed by atoms with E-state index in [0.717, 1.165) is 4.31 Å². The van der Waals surface area contributed by atoms with Gasteiger partial charge in [-0.3, -0.25) is 13.9 Å². The summed E-state index contributed by atoms with van der Waals surface area (Å²) in [5.41, 5.74) is 0.701. The highest BCUT2D eigenvalue weighted by molar-refractivity contribution is 7.92. The van der Waals surface area contributed by atoms with Gasteiger partial charge in [0.05, 0.1) is 15.6 Å². The smallest absolute Gasteiger partial charge is 0.264 e. The number of carbonyl (C=O) groups is 2. The first kappa shape index (κ1) is 31.7. The SMILES string of the molecule is CC[C@@H](C)NC(=O)[C@@H](CC)N(Cc1ccc(Cl)cc1Cl)C(=O)CN(c1ccccc1Cl)S(=O)(=O)c1ccccc1. The highest BCUT2D eigenvalue weighted by Crippen LogP contribution is 2.31. The molecule has 0 aromatic heterocycles. The van der Waals surface area contributed by atoms with Crippen molar-refractivity contribution < 1.29 is 18.0 Å². The van der Waals surface area contributed by atoms with Crippen molar-refractivity contribution in [2.75, 3.05) is 10.8 Å². The molecule has 3 aromatic rings. The summed E-state index contributed by atoms with van der Waals surface area (Å²) in [4.78, 5) is 28.8. The second kappa shape index (κ2) is 14.2. The van der Waals surface area contributed by atoms with Crippen LogP contribution in [0.1, 0.15) is 39.2 Å². The summed E-state index contributed by atoms with van der Waals surface area (Å²) in [6.45, 7) is 4.97. The molecule has 1 N–H and O–H groups in total. The molecule has 7 nitrogen and oxygen atoms in total. The molecule has 214 valence electrons. The molecule has 0 unspecified atom stereocenters. The van der Waals surface area contributed by atoms with Gasteiger partial charge in [-0.15, -0.1) is 0 Å². The maximum Gasteiger partial charge on any atom is 0.264 e. The number of nitrogens with one attached hydrogen (secondary N) is 1. The summed E-state index contributed by atoms with van der Waals surface area (Å²) in [6, 6.07) is 18.0. The van der Waals surface area contributed by atoms with Crippen LogP contribution in [0.5, 0.6) is 0 Å². The minimum Gasteiger partial charge on any atom is -0.352 e. The van der Waals surface area contributed by atoms with Crippen LogP contribution in [0.4, 0.5) is 5.69 Å². The minimum absolute atomic E-state index is 0.00318. The van der Waals surface area contributed by atoms with Crippen molar-refractivity contribution in [1.82, 2.24) is 10.2 Å². The largest absolute Gasteiger partial charge is 0.352 e. The number of benzene rings is 3. The Morgan fingerprint density at radius 1 is 0.875 bits per heavy atom. The molecular weight excluding hydrogens is 593 g/mol. The fourth-order valence-electron chi connectivity index (χ4n) is 4.08. The fourth-order valence-corrected chi connectivity index (χ4v) is 6.29. The van der Waals surface area contributed by atoms with Gasteiger partial charge in [0, 0.05) is 22.6 Å². The first-order valence-corrected chi connectivity index (χ1v) is 15.4. The number of rotatable bonds is 12. The van der Waals surface area contributed by atoms with Gasteiger partial charge in [-0.2, -0.15) is 0 Å². The van der Waals surface area contributed by atoms with Gasteiger partial charge in [0.2, 0.25) is 11.8 Å². The maximum atomic E-state index is 14.1. The highest BCUT2D eigenvalue weighted by Gasteiger charge is 2.34. The van der Waals surface area contributed by atoms with Gasteiger partial charge in [0.1, 0.15) is 12.6 Å². The Labute approximate surface area is 251 Å². The fraction of sp³-hybridized carbons (Fsp3) is 0.310. The number of anilines is 1. The number of nitrogens with zero attached hydrogens (tertiary/aromatic N) is 2. The van der Waals surface area contributed by atoms with E-state index in [4.69, 9.17) is 34.8 Å². The molecule has 11 heteroatoms. The van der Waals surface area contributed by atoms with Crippen molar-refractivity contribution in [3.8, 4) is 0 Å². The van der Waals surface area contributed by atoms with Gasteiger partial charge >= 0.3 is 0 Å². The van der Waals surface area contributed by atoms with Gasteiger partial charge in [0.25, 0.3) is 10.0 Å². The molecule has 0 aliphatic carbocycles. The Morgan fingerprint density at radius 3 is 2.12 bits per heavy atom. The zero-order valence-electron chi connectivity index (χ0n) is 22.5. The summed E-state index contributed by atoms with van der Waals surface area (Å²) in [5.74, 6) is -0.943. The number of sulfonamides is 1. The topological polar surface area (TPSA) is 86.8 Å². The van der Waals surface area contributed by atoms with E-state index >= 15 is 0 Å². The van der Waals surface area contributed by atoms with Crippen LogP contribution in [-0.4, -0.2) is 43.8 Å². The molecule has 0 saturated carbocycles. The lowest BCUT2D eigenvalue weighted by Crippen LogP contribution is -2.53. The average Bonchev–Trinajstić information content (AvgIpc) is 2.93. The third kappa shape index (κ3) is 7.69. The van der Waals surface area contributed by atoms with Crippen LogP contribution in [-0.2, 0) is 26.2 Å². The minimum atomic E-state index is -4.21. The average molecular weight is 625 g/mol. The standard InChI is InChI=1S/C29H32Cl3N3O4S/c1-4-20(3)33-29(37)26(5-2)34(18-21-15-16-22(30)17-25(21)32)28(36)19-35(27-14-10-9-13-24(27)31)40(38,39)23-11-7-6-8-12-23/h6-17,20,26H,4-5,18-19H2,1-3H3,(H,33,37)/t20-,26-/m1/s1. The molecule has 3 rings (SSSR count). The Kier molecular flexibility index (Phi) is 11.3. The summed E-state index contributed by atoms with van der Waals surface area (Å²) in [7, 11) is -4.21. The molecule has 3 aromatic carbocycles. The van der Waals surface area contributed by atoms with Gasteiger partial charge in [0.15, 0.2) is 0 Å². The quantitative estimate of drug-likeness (QED) is 0.247. The number of hydrogen-bond donors (Lipinski definition) is 1. The lowest BCUT2D eigenvalue weighted by molar-refractivity contribution is -0.140. The number of hydrogen-bond acceptors (Lipinski definition) is 4. The maximum absolute atomic E-state index is 14.1. The highest BCUT2D eigenvalue weighted by atomic mass is 35.5. The van der Waals surface area contributed by atoms with Crippen molar-refractivity contribution in [2.45, 2.75) is 57.1 Å². The van der Waals surface area contributed by atoms with Crippen molar-refractivity contribution in [2.24, 2.45) is 0 Å². The number of amides is 2. The molecule has 0 fully saturated rings. The van der Waals surface area contributed by atoms with Gasteiger partial charge in [-0.25, -0.2) is 8.42 Å². The second-order valence-corrected chi connectivity index (χ2v) is 12.4. The van der Waals surface area contributed by atoms with Crippen LogP contribution in [0, 0.1) is 0 Å². The zero-order valence-corrected chi connectivity index (χ0v) is 25.6. The van der Waals surface area contributed by atoms with E-state index in [1.54, 1.807) is 61.5 Å². The lowest BCUT2D eigenvalue weighted by Gasteiger charge is -2.34. The predicted molar refractivity (Wildman–Crippen MR) is 161 cm³/mol. The van der Waals surface area contributed by atoms with Crippen LogP contribution in [0.25, 0.3) is 0 Å². The monoisotopic (exact) mass is 623 g/mol. The van der Waals surface area contributed by atoms with E-state index < -0.39 is 28.5 Å². The van der Waals surface area contributed by atoms with Gasteiger partial charge < -0.3 is 10.2 Å². The molecule has 0 bridgehead atoms. The molecule has 0 aliphatic heterocycles. The molecular formula is C29H32Cl3N3O4S. The van der Waals surface area contributed by atoms with E-state index in [0.29, 0.717) is 22.0 Å². The first-order chi connectivity index (χ1) is 19.0. The summed E-state index contributed by atoms with van der Waals surface area (Å²) in [6.07, 6.45) is 0.992. The van der Waals surface area contributed by atoms with Crippen LogP contribution < -0.4 is 9.62 Å². The Hall–Kier alpha value is -2.78. The van der Waals surface area contributed by atoms with E-state index in [2.05, 4.69) is 5.32 Å². The van der Waals surface area contributed by atoms with Crippen molar-refractivity contribution in [3.05, 3.63) is 93.4 Å². The third-order valence-electron chi connectivity index (χ3n) is 6.47. The van der Waals surface area contributed by atoms with Crippen LogP contribution in [0.3, 0.4) is 0 Å². The van der Waals surface area contributed by atoms with E-state index in [1.165, 1.54) is 23.1 Å². The normalized spacial score (nSPS) is 12.8. The predicted octanol–water partition coefficient (Wildman–Crippen LogP) is 6.56. The van der Waals surface area contributed by atoms with E-state index in [1.807, 2.05) is 13.8 Å². The van der Waals surface area contributed by atoms with E-state index in [9.17, 15) is 18.0 Å². The molecule has 2 amide bonds. The number of para-hydroxylation sites is 1. The molecule has 2 atom stereocenters. The molecule has 0 heterocycles. The number of halogens is 3. The molecule has 40 heavy (non-hydrogen) atoms. The van der Waals surface area contributed by atoms with Crippen LogP contribution in [0.15, 0.2) is 77.7 Å². The van der Waals surface area contributed by atoms with Gasteiger partial charge in [-0.1, -0.05) is 85.0 Å².